The number of aromatic nitrogens is 3. The normalized spacial score (nSPS) is 11.8. The average Bonchev–Trinajstić information content (AvgIpc) is 2.76. The van der Waals surface area contributed by atoms with Gasteiger partial charge in [-0.1, -0.05) is 29.8 Å². The van der Waals surface area contributed by atoms with E-state index in [1.54, 1.807) is 31.2 Å². The van der Waals surface area contributed by atoms with Gasteiger partial charge in [-0.15, -0.1) is 0 Å². The highest BCUT2D eigenvalue weighted by Crippen LogP contribution is 2.30. The van der Waals surface area contributed by atoms with Gasteiger partial charge in [0.05, 0.1) is 28.7 Å². The maximum absolute atomic E-state index is 14.7. The Hall–Kier alpha value is -4.03. The van der Waals surface area contributed by atoms with Crippen LogP contribution in [0.2, 0.25) is 5.02 Å². The van der Waals surface area contributed by atoms with Gasteiger partial charge >= 0.3 is 0 Å². The number of nitrogens with two attached hydrogens (primary N) is 1. The van der Waals surface area contributed by atoms with Crippen molar-refractivity contribution in [3.8, 4) is 5.69 Å². The quantitative estimate of drug-likeness (QED) is 0.424. The van der Waals surface area contributed by atoms with Gasteiger partial charge in [0.1, 0.15) is 5.82 Å². The Morgan fingerprint density at radius 2 is 2.00 bits per heavy atom. The minimum atomic E-state index is -1.18. The van der Waals surface area contributed by atoms with E-state index in [1.165, 1.54) is 18.3 Å². The number of nitrogens with zero attached hydrogens (tertiary/aromatic N) is 4. The van der Waals surface area contributed by atoms with E-state index in [2.05, 4.69) is 20.1 Å². The van der Waals surface area contributed by atoms with Crippen molar-refractivity contribution in [2.75, 3.05) is 11.1 Å². The first-order valence-electron chi connectivity index (χ1n) is 9.37. The predicted octanol–water partition coefficient (Wildman–Crippen LogP) is 5.02. The highest BCUT2D eigenvalue weighted by molar-refractivity contribution is 6.35. The van der Waals surface area contributed by atoms with Crippen molar-refractivity contribution in [3.63, 3.8) is 0 Å². The Morgan fingerprint density at radius 3 is 2.75 bits per heavy atom. The summed E-state index contributed by atoms with van der Waals surface area (Å²) < 4.78 is 29.8. The summed E-state index contributed by atoms with van der Waals surface area (Å²) in [6.45, 7) is 8.99. The number of nitrogen functional groups attached to an aromatic ring is 1. The molecule has 3 N–H and O–H groups in total. The molecule has 0 bridgehead atoms. The molecule has 2 aromatic heterocycles. The van der Waals surface area contributed by atoms with E-state index in [0.717, 1.165) is 10.6 Å². The molecule has 10 heteroatoms. The van der Waals surface area contributed by atoms with Crippen LogP contribution in [0, 0.1) is 18.2 Å². The maximum Gasteiger partial charge on any atom is 0.264 e. The van der Waals surface area contributed by atoms with Crippen LogP contribution in [0.1, 0.15) is 18.7 Å². The Balaban J connectivity index is 1.98. The summed E-state index contributed by atoms with van der Waals surface area (Å²) in [6, 6.07) is 9.46. The molecule has 0 fully saturated rings. The lowest BCUT2D eigenvalue weighted by Crippen LogP contribution is -2.27. The fourth-order valence-corrected chi connectivity index (χ4v) is 3.69. The second kappa shape index (κ2) is 8.24. The number of fused-ring (bicyclic) bond motifs is 1. The van der Waals surface area contributed by atoms with Crippen molar-refractivity contribution in [2.24, 2.45) is 0 Å². The summed E-state index contributed by atoms with van der Waals surface area (Å²) in [6.07, 6.45) is 1.27. The van der Waals surface area contributed by atoms with Gasteiger partial charge in [-0.2, -0.15) is 0 Å². The van der Waals surface area contributed by atoms with Gasteiger partial charge in [-0.25, -0.2) is 23.6 Å². The third kappa shape index (κ3) is 3.61. The minimum absolute atomic E-state index is 0.0500. The lowest BCUT2D eigenvalue weighted by atomic mass is 10.1. The van der Waals surface area contributed by atoms with E-state index in [1.807, 2.05) is 0 Å². The molecule has 0 aliphatic rings. The number of hydrogen-bond acceptors (Lipinski definition) is 5. The van der Waals surface area contributed by atoms with Crippen molar-refractivity contribution < 1.29 is 8.78 Å². The molecule has 0 spiro atoms. The SMILES string of the molecule is [C-]#[N+]c1cnc(N)nc1N[C@@H](C)c1cc2cccc(Cl)c2c(=O)n1-c1cccc(F)c1F. The molecular weight excluding hydrogens is 438 g/mol. The molecule has 0 saturated heterocycles. The van der Waals surface area contributed by atoms with Crippen LogP contribution >= 0.6 is 11.6 Å². The number of halogens is 3. The highest BCUT2D eigenvalue weighted by atomic mass is 35.5. The fraction of sp³-hybridized carbons (Fsp3) is 0.0909. The van der Waals surface area contributed by atoms with Crippen LogP contribution in [0.25, 0.3) is 21.3 Å². The van der Waals surface area contributed by atoms with E-state index in [-0.39, 0.29) is 33.5 Å². The summed E-state index contributed by atoms with van der Waals surface area (Å²) in [7, 11) is 0. The number of nitrogens with one attached hydrogen (secondary N) is 1. The molecular formula is C22H15ClF2N6O. The van der Waals surface area contributed by atoms with Crippen LogP contribution in [0.3, 0.4) is 0 Å². The average molecular weight is 453 g/mol. The monoisotopic (exact) mass is 452 g/mol. The Morgan fingerprint density at radius 1 is 1.25 bits per heavy atom. The minimum Gasteiger partial charge on any atom is -0.371 e. The molecule has 32 heavy (non-hydrogen) atoms. The highest BCUT2D eigenvalue weighted by Gasteiger charge is 2.22. The van der Waals surface area contributed by atoms with Gasteiger partial charge in [0, 0.05) is 11.9 Å². The van der Waals surface area contributed by atoms with Crippen LogP contribution in [0.4, 0.5) is 26.2 Å². The van der Waals surface area contributed by atoms with Crippen molar-refractivity contribution >= 4 is 39.8 Å². The molecule has 4 aromatic rings. The Kier molecular flexibility index (Phi) is 5.47. The van der Waals surface area contributed by atoms with E-state index >= 15 is 0 Å². The van der Waals surface area contributed by atoms with Gasteiger partial charge in [0.25, 0.3) is 5.56 Å². The van der Waals surface area contributed by atoms with Crippen LogP contribution in [-0.2, 0) is 0 Å². The fourth-order valence-electron chi connectivity index (χ4n) is 3.43. The van der Waals surface area contributed by atoms with Gasteiger partial charge in [-0.3, -0.25) is 9.36 Å². The Bertz CT molecular complexity index is 1460. The lowest BCUT2D eigenvalue weighted by molar-refractivity contribution is 0.502. The molecule has 4 rings (SSSR count). The zero-order chi connectivity index (χ0) is 23.0. The third-order valence-electron chi connectivity index (χ3n) is 4.90. The number of anilines is 2. The van der Waals surface area contributed by atoms with Gasteiger partial charge < -0.3 is 11.1 Å². The number of hydrogen-bond donors (Lipinski definition) is 2. The summed E-state index contributed by atoms with van der Waals surface area (Å²) in [4.78, 5) is 24.6. The van der Waals surface area contributed by atoms with E-state index in [9.17, 15) is 13.6 Å². The second-order valence-electron chi connectivity index (χ2n) is 6.93. The first-order valence-corrected chi connectivity index (χ1v) is 9.74. The topological polar surface area (TPSA) is 90.2 Å². The first-order chi connectivity index (χ1) is 15.3. The second-order valence-corrected chi connectivity index (χ2v) is 7.33. The standard InChI is InChI=1S/C22H15ClF2N6O/c1-11(29-20-15(27-2)10-28-22(26)30-20)17-9-12-5-3-6-13(23)18(12)21(32)31(17)16-8-4-7-14(24)19(16)25/h3-11H,1H3,(H3,26,28,29,30)/t11-/m0/s1. The van der Waals surface area contributed by atoms with E-state index in [0.29, 0.717) is 11.1 Å². The Labute approximate surface area is 185 Å². The van der Waals surface area contributed by atoms with Crippen molar-refractivity contribution in [1.29, 1.82) is 0 Å². The number of rotatable bonds is 4. The molecule has 2 aromatic carbocycles. The van der Waals surface area contributed by atoms with Gasteiger partial charge in [0.2, 0.25) is 11.6 Å². The first kappa shape index (κ1) is 21.2. The molecule has 0 amide bonds. The summed E-state index contributed by atoms with van der Waals surface area (Å²) in [5.74, 6) is -2.18. The molecule has 0 radical (unpaired) electrons. The molecule has 0 aliphatic heterocycles. The summed E-state index contributed by atoms with van der Waals surface area (Å²) in [5.41, 5.74) is 5.16. The zero-order valence-electron chi connectivity index (χ0n) is 16.6. The zero-order valence-corrected chi connectivity index (χ0v) is 17.4. The van der Waals surface area contributed by atoms with E-state index < -0.39 is 23.2 Å². The third-order valence-corrected chi connectivity index (χ3v) is 5.22. The molecule has 1 atom stereocenters. The predicted molar refractivity (Wildman–Crippen MR) is 119 cm³/mol. The largest absolute Gasteiger partial charge is 0.371 e. The van der Waals surface area contributed by atoms with Crippen LogP contribution < -0.4 is 16.6 Å². The number of benzene rings is 2. The maximum atomic E-state index is 14.7. The van der Waals surface area contributed by atoms with Crippen LogP contribution in [0.15, 0.2) is 53.5 Å². The van der Waals surface area contributed by atoms with Crippen molar-refractivity contribution in [3.05, 3.63) is 92.8 Å². The van der Waals surface area contributed by atoms with Crippen LogP contribution in [-0.4, -0.2) is 14.5 Å². The molecule has 0 unspecified atom stereocenters. The van der Waals surface area contributed by atoms with Gasteiger partial charge in [-0.05, 0) is 36.6 Å². The summed E-state index contributed by atoms with van der Waals surface area (Å²) >= 11 is 6.25. The van der Waals surface area contributed by atoms with Crippen molar-refractivity contribution in [2.45, 2.75) is 13.0 Å². The van der Waals surface area contributed by atoms with E-state index in [4.69, 9.17) is 23.9 Å². The molecule has 7 nitrogen and oxygen atoms in total. The smallest absolute Gasteiger partial charge is 0.264 e. The molecule has 0 saturated carbocycles. The van der Waals surface area contributed by atoms with Gasteiger partial charge in [0.15, 0.2) is 11.6 Å². The molecule has 0 aliphatic carbocycles. The molecule has 160 valence electrons. The molecule has 2 heterocycles. The van der Waals surface area contributed by atoms with Crippen molar-refractivity contribution in [1.82, 2.24) is 14.5 Å². The summed E-state index contributed by atoms with van der Waals surface area (Å²) in [5, 5.41) is 3.89. The number of pyridine rings is 1. The van der Waals surface area contributed by atoms with Crippen LogP contribution in [0.5, 0.6) is 0 Å². The lowest BCUT2D eigenvalue weighted by Gasteiger charge is -2.22.